The Morgan fingerprint density at radius 1 is 1.17 bits per heavy atom. The molecule has 1 atom stereocenters. The van der Waals surface area contributed by atoms with Crippen molar-refractivity contribution >= 4 is 25.9 Å². The lowest BCUT2D eigenvalue weighted by molar-refractivity contribution is 0.157. The normalized spacial score (nSPS) is 14.3. The highest BCUT2D eigenvalue weighted by Crippen LogP contribution is 2.17. The van der Waals surface area contributed by atoms with Gasteiger partial charge in [0.2, 0.25) is 9.84 Å². The SMILES string of the molecule is Nc1ccc(S(=O)(=O)C(O)COS(=O)(=O)O)cc1. The van der Waals surface area contributed by atoms with Crippen molar-refractivity contribution in [3.05, 3.63) is 24.3 Å². The standard InChI is InChI=1S/C8H11NO7S2/c9-6-1-3-7(4-2-6)17(11,12)8(10)5-16-18(13,14)15/h1-4,8,10H,5,9H2,(H,13,14,15). The third kappa shape index (κ3) is 3.92. The second-order valence-corrected chi connectivity index (χ2v) is 6.48. The Bertz CT molecular complexity index is 605. The third-order valence-corrected chi connectivity index (χ3v) is 4.14. The molecule has 0 heterocycles. The van der Waals surface area contributed by atoms with Crippen LogP contribution in [0.15, 0.2) is 29.2 Å². The van der Waals surface area contributed by atoms with E-state index in [-0.39, 0.29) is 4.90 Å². The van der Waals surface area contributed by atoms with Gasteiger partial charge in [-0.15, -0.1) is 0 Å². The van der Waals surface area contributed by atoms with Crippen molar-refractivity contribution in [3.63, 3.8) is 0 Å². The fourth-order valence-electron chi connectivity index (χ4n) is 1.05. The van der Waals surface area contributed by atoms with Crippen molar-refractivity contribution in [1.29, 1.82) is 0 Å². The van der Waals surface area contributed by atoms with Gasteiger partial charge >= 0.3 is 10.4 Å². The van der Waals surface area contributed by atoms with Crippen molar-refractivity contribution in [3.8, 4) is 0 Å². The van der Waals surface area contributed by atoms with Crippen LogP contribution in [-0.4, -0.2) is 38.5 Å². The number of sulfone groups is 1. The number of aliphatic hydroxyl groups is 1. The maximum atomic E-state index is 11.7. The molecule has 0 bridgehead atoms. The van der Waals surface area contributed by atoms with E-state index >= 15 is 0 Å². The summed E-state index contributed by atoms with van der Waals surface area (Å²) in [4.78, 5) is -0.247. The summed E-state index contributed by atoms with van der Waals surface area (Å²) in [7, 11) is -8.99. The Balaban J connectivity index is 2.90. The highest BCUT2D eigenvalue weighted by Gasteiger charge is 2.27. The molecule has 0 fully saturated rings. The topological polar surface area (TPSA) is 144 Å². The van der Waals surface area contributed by atoms with E-state index in [1.54, 1.807) is 0 Å². The highest BCUT2D eigenvalue weighted by molar-refractivity contribution is 7.92. The minimum atomic E-state index is -4.81. The molecule has 102 valence electrons. The zero-order valence-corrected chi connectivity index (χ0v) is 10.6. The quantitative estimate of drug-likeness (QED) is 0.472. The molecule has 10 heteroatoms. The number of hydrogen-bond donors (Lipinski definition) is 3. The van der Waals surface area contributed by atoms with Crippen molar-refractivity contribution in [2.75, 3.05) is 12.3 Å². The largest absolute Gasteiger partial charge is 0.399 e. The van der Waals surface area contributed by atoms with Crippen LogP contribution < -0.4 is 5.73 Å². The first-order valence-corrected chi connectivity index (χ1v) is 7.43. The number of nitrogen functional groups attached to an aromatic ring is 1. The van der Waals surface area contributed by atoms with Gasteiger partial charge in [0, 0.05) is 5.69 Å². The molecular weight excluding hydrogens is 286 g/mol. The van der Waals surface area contributed by atoms with Crippen molar-refractivity contribution in [2.45, 2.75) is 10.3 Å². The number of hydrogen-bond acceptors (Lipinski definition) is 7. The van der Waals surface area contributed by atoms with E-state index in [9.17, 15) is 21.9 Å². The van der Waals surface area contributed by atoms with E-state index in [0.717, 1.165) is 12.1 Å². The van der Waals surface area contributed by atoms with Crippen molar-refractivity contribution in [1.82, 2.24) is 0 Å². The lowest BCUT2D eigenvalue weighted by atomic mass is 10.3. The molecule has 0 aromatic heterocycles. The molecule has 1 aromatic carbocycles. The van der Waals surface area contributed by atoms with Gasteiger partial charge in [-0.3, -0.25) is 4.55 Å². The highest BCUT2D eigenvalue weighted by atomic mass is 32.3. The van der Waals surface area contributed by atoms with Crippen LogP contribution in [0.5, 0.6) is 0 Å². The molecule has 0 aliphatic carbocycles. The van der Waals surface area contributed by atoms with E-state index in [4.69, 9.17) is 10.3 Å². The monoisotopic (exact) mass is 297 g/mol. The molecule has 1 unspecified atom stereocenters. The molecular formula is C8H11NO7S2. The number of nitrogens with two attached hydrogens (primary N) is 1. The maximum Gasteiger partial charge on any atom is 0.397 e. The molecule has 8 nitrogen and oxygen atoms in total. The van der Waals surface area contributed by atoms with Gasteiger partial charge in [-0.1, -0.05) is 0 Å². The van der Waals surface area contributed by atoms with Crippen LogP contribution in [0.25, 0.3) is 0 Å². The predicted octanol–water partition coefficient (Wildman–Crippen LogP) is -0.820. The van der Waals surface area contributed by atoms with Crippen LogP contribution in [0.4, 0.5) is 5.69 Å². The summed E-state index contributed by atoms with van der Waals surface area (Å²) in [5.74, 6) is 0. The summed E-state index contributed by atoms with van der Waals surface area (Å²) in [6.07, 6.45) is 0. The molecule has 0 amide bonds. The van der Waals surface area contributed by atoms with Gasteiger partial charge in [-0.05, 0) is 24.3 Å². The van der Waals surface area contributed by atoms with Gasteiger partial charge in [-0.2, -0.15) is 8.42 Å². The number of rotatable bonds is 5. The Morgan fingerprint density at radius 3 is 2.11 bits per heavy atom. The van der Waals surface area contributed by atoms with E-state index in [1.165, 1.54) is 12.1 Å². The minimum Gasteiger partial charge on any atom is -0.399 e. The van der Waals surface area contributed by atoms with Crippen LogP contribution in [0, 0.1) is 0 Å². The molecule has 0 saturated carbocycles. The molecule has 0 aliphatic rings. The first-order valence-electron chi connectivity index (χ1n) is 4.52. The second-order valence-electron chi connectivity index (χ2n) is 3.28. The summed E-state index contributed by atoms with van der Waals surface area (Å²) in [6, 6.07) is 4.93. The van der Waals surface area contributed by atoms with Gasteiger partial charge in [0.1, 0.15) is 6.61 Å². The molecule has 1 aromatic rings. The Kier molecular flexibility index (Phi) is 4.29. The van der Waals surface area contributed by atoms with Crippen LogP contribution in [0.1, 0.15) is 0 Å². The lowest BCUT2D eigenvalue weighted by Gasteiger charge is -2.11. The predicted molar refractivity (Wildman–Crippen MR) is 61.5 cm³/mol. The van der Waals surface area contributed by atoms with E-state index in [0.29, 0.717) is 5.69 Å². The average Bonchev–Trinajstić information content (AvgIpc) is 2.25. The van der Waals surface area contributed by atoms with Crippen LogP contribution in [-0.2, 0) is 24.4 Å². The first-order chi connectivity index (χ1) is 8.13. The van der Waals surface area contributed by atoms with Gasteiger partial charge < -0.3 is 10.8 Å². The molecule has 0 saturated heterocycles. The number of aliphatic hydroxyl groups excluding tert-OH is 1. The van der Waals surface area contributed by atoms with Gasteiger partial charge in [0.15, 0.2) is 5.44 Å². The summed E-state index contributed by atoms with van der Waals surface area (Å²) >= 11 is 0. The maximum absolute atomic E-state index is 11.7. The van der Waals surface area contributed by atoms with E-state index in [1.807, 2.05) is 0 Å². The Hall–Kier alpha value is -1.20. The summed E-state index contributed by atoms with van der Waals surface area (Å²) in [5, 5.41) is 9.34. The summed E-state index contributed by atoms with van der Waals surface area (Å²) in [5.41, 5.74) is 3.58. The fraction of sp³-hybridized carbons (Fsp3) is 0.250. The molecule has 18 heavy (non-hydrogen) atoms. The lowest BCUT2D eigenvalue weighted by Crippen LogP contribution is -2.27. The van der Waals surface area contributed by atoms with Crippen LogP contribution >= 0.6 is 0 Å². The zero-order valence-electron chi connectivity index (χ0n) is 8.92. The molecule has 0 radical (unpaired) electrons. The van der Waals surface area contributed by atoms with Crippen molar-refractivity contribution < 1.29 is 30.7 Å². The zero-order chi connectivity index (χ0) is 14.0. The average molecular weight is 297 g/mol. The van der Waals surface area contributed by atoms with Crippen LogP contribution in [0.3, 0.4) is 0 Å². The molecule has 1 rings (SSSR count). The van der Waals surface area contributed by atoms with Crippen LogP contribution in [0.2, 0.25) is 0 Å². The molecule has 0 aliphatic heterocycles. The number of benzene rings is 1. The van der Waals surface area contributed by atoms with Gasteiger partial charge in [-0.25, -0.2) is 12.6 Å². The van der Waals surface area contributed by atoms with E-state index in [2.05, 4.69) is 4.18 Å². The van der Waals surface area contributed by atoms with Gasteiger partial charge in [0.25, 0.3) is 0 Å². The second kappa shape index (κ2) is 5.20. The summed E-state index contributed by atoms with van der Waals surface area (Å²) < 4.78 is 56.0. The first kappa shape index (κ1) is 14.9. The molecule has 4 N–H and O–H groups in total. The summed E-state index contributed by atoms with van der Waals surface area (Å²) in [6.45, 7) is -1.11. The Morgan fingerprint density at radius 2 is 1.67 bits per heavy atom. The minimum absolute atomic E-state index is 0.247. The molecule has 0 spiro atoms. The Labute approximate surface area is 104 Å². The van der Waals surface area contributed by atoms with E-state index < -0.39 is 32.3 Å². The smallest absolute Gasteiger partial charge is 0.397 e. The third-order valence-electron chi connectivity index (χ3n) is 1.93. The number of anilines is 1. The fourth-order valence-corrected chi connectivity index (χ4v) is 2.51. The van der Waals surface area contributed by atoms with Gasteiger partial charge in [0.05, 0.1) is 4.90 Å². The van der Waals surface area contributed by atoms with Crippen molar-refractivity contribution in [2.24, 2.45) is 0 Å².